The average molecular weight is 813 g/mol. The molecule has 0 spiro atoms. The van der Waals surface area contributed by atoms with E-state index in [1.54, 1.807) is 48.6 Å². The molecule has 0 aromatic heterocycles. The zero-order valence-corrected chi connectivity index (χ0v) is 34.2. The molecule has 314 valence electrons. The third-order valence-electron chi connectivity index (χ3n) is 10.0. The monoisotopic (exact) mass is 812 g/mol. The highest BCUT2D eigenvalue weighted by Crippen LogP contribution is 2.52. The number of methoxy groups -OCH3 is 4. The van der Waals surface area contributed by atoms with Gasteiger partial charge in [-0.15, -0.1) is 0 Å². The maximum atomic E-state index is 13.3. The van der Waals surface area contributed by atoms with E-state index in [0.717, 1.165) is 22.3 Å². The van der Waals surface area contributed by atoms with Gasteiger partial charge in [-0.25, -0.2) is 9.59 Å². The molecule has 0 amide bonds. The number of ether oxygens (including phenoxy) is 9. The third kappa shape index (κ3) is 11.7. The first-order valence-electron chi connectivity index (χ1n) is 19.0. The van der Waals surface area contributed by atoms with Gasteiger partial charge in [0.15, 0.2) is 25.1 Å². The van der Waals surface area contributed by atoms with Crippen molar-refractivity contribution in [3.05, 3.63) is 129 Å². The number of rotatable bonds is 20. The van der Waals surface area contributed by atoms with Crippen molar-refractivity contribution < 1.29 is 62.4 Å². The molecule has 0 unspecified atom stereocenters. The highest BCUT2D eigenvalue weighted by atomic mass is 16.7. The molecule has 0 saturated carbocycles. The van der Waals surface area contributed by atoms with Crippen LogP contribution in [0.5, 0.6) is 23.0 Å². The molecule has 1 saturated heterocycles. The van der Waals surface area contributed by atoms with Crippen molar-refractivity contribution in [2.24, 2.45) is 11.8 Å². The molecule has 1 heterocycles. The van der Waals surface area contributed by atoms with Crippen LogP contribution in [0.25, 0.3) is 12.2 Å². The Kier molecular flexibility index (Phi) is 16.5. The van der Waals surface area contributed by atoms with E-state index in [0.29, 0.717) is 45.3 Å². The number of aryl methyl sites for hydroxylation is 1. The summed E-state index contributed by atoms with van der Waals surface area (Å²) in [5, 5.41) is 20.6. The lowest BCUT2D eigenvalue weighted by Crippen LogP contribution is -2.28. The van der Waals surface area contributed by atoms with Gasteiger partial charge < -0.3 is 52.8 Å². The zero-order chi connectivity index (χ0) is 42.3. The second kappa shape index (κ2) is 21.9. The van der Waals surface area contributed by atoms with Gasteiger partial charge in [-0.2, -0.15) is 0 Å². The fraction of sp³-hybridized carbons (Fsp3) is 0.348. The van der Waals surface area contributed by atoms with Gasteiger partial charge in [0, 0.05) is 38.2 Å². The summed E-state index contributed by atoms with van der Waals surface area (Å²) in [6.45, 7) is 3.02. The van der Waals surface area contributed by atoms with Crippen molar-refractivity contribution in [2.75, 3.05) is 55.2 Å². The number of aliphatic hydroxyl groups is 2. The Labute approximate surface area is 344 Å². The molecule has 0 aliphatic carbocycles. The van der Waals surface area contributed by atoms with Crippen molar-refractivity contribution in [1.29, 1.82) is 0 Å². The first-order chi connectivity index (χ1) is 28.6. The van der Waals surface area contributed by atoms with Gasteiger partial charge >= 0.3 is 11.9 Å². The van der Waals surface area contributed by atoms with Gasteiger partial charge in [-0.3, -0.25) is 0 Å². The quantitative estimate of drug-likeness (QED) is 0.0544. The molecule has 4 aromatic rings. The summed E-state index contributed by atoms with van der Waals surface area (Å²) in [6, 6.07) is 21.9. The number of hydrogen-bond acceptors (Lipinski definition) is 13. The molecule has 13 heteroatoms. The molecule has 0 bridgehead atoms. The normalized spacial score (nSPS) is 17.6. The van der Waals surface area contributed by atoms with Gasteiger partial charge in [0.25, 0.3) is 0 Å². The molecule has 5 rings (SSSR count). The Balaban J connectivity index is 1.52. The molecule has 4 aromatic carbocycles. The predicted octanol–water partition coefficient (Wildman–Crippen LogP) is 6.83. The number of esters is 2. The summed E-state index contributed by atoms with van der Waals surface area (Å²) in [4.78, 5) is 26.6. The lowest BCUT2D eigenvalue weighted by atomic mass is 9.82. The minimum absolute atomic E-state index is 0.0640. The van der Waals surface area contributed by atoms with Crippen LogP contribution in [-0.2, 0) is 46.5 Å². The highest BCUT2D eigenvalue weighted by molar-refractivity contribution is 5.87. The van der Waals surface area contributed by atoms with Crippen LogP contribution in [0.2, 0.25) is 0 Å². The van der Waals surface area contributed by atoms with E-state index in [9.17, 15) is 19.8 Å². The Morgan fingerprint density at radius 1 is 0.644 bits per heavy atom. The highest BCUT2D eigenvalue weighted by Gasteiger charge is 2.47. The molecule has 4 atom stereocenters. The molecule has 13 nitrogen and oxygen atoms in total. The van der Waals surface area contributed by atoms with E-state index >= 15 is 0 Å². The number of carbonyl (C=O) groups is 2. The second-order valence-electron chi connectivity index (χ2n) is 13.8. The van der Waals surface area contributed by atoms with Crippen molar-refractivity contribution in [3.8, 4) is 23.0 Å². The summed E-state index contributed by atoms with van der Waals surface area (Å²) >= 11 is 0. The number of benzene rings is 4. The largest absolute Gasteiger partial charge is 0.493 e. The van der Waals surface area contributed by atoms with Crippen LogP contribution in [0.3, 0.4) is 0 Å². The van der Waals surface area contributed by atoms with Crippen LogP contribution in [0.4, 0.5) is 0 Å². The average Bonchev–Trinajstić information content (AvgIpc) is 3.63. The Hall–Kier alpha value is -5.70. The standard InChI is InChI=1S/C46H52O13/c1-29-7-9-31(10-8-29)13-17-42(49)55-25-38-39(26-56-43(50)18-14-32-11-15-37(16-12-32)57-27-51-3)45(34-21-40(53-5)46(58-28-52-4)41(22-34)54-6)59-44(38)33-19-35(23-47)30(2)36(20-33)24-48/h7-22,38-39,44-45,47-48H,23-28H2,1-6H3/b17-13+,18-14+/t38-,39-,44+,45+/m1/s1. The van der Waals surface area contributed by atoms with Crippen molar-refractivity contribution in [3.63, 3.8) is 0 Å². The summed E-state index contributed by atoms with van der Waals surface area (Å²) < 4.78 is 51.5. The van der Waals surface area contributed by atoms with Crippen LogP contribution >= 0.6 is 0 Å². The van der Waals surface area contributed by atoms with E-state index in [-0.39, 0.29) is 40.0 Å². The number of aliphatic hydroxyl groups excluding tert-OH is 2. The van der Waals surface area contributed by atoms with Crippen LogP contribution in [-0.4, -0.2) is 77.4 Å². The lowest BCUT2D eigenvalue weighted by molar-refractivity contribution is -0.143. The zero-order valence-electron chi connectivity index (χ0n) is 34.2. The summed E-state index contributed by atoms with van der Waals surface area (Å²) in [5.41, 5.74) is 5.85. The second-order valence-corrected chi connectivity index (χ2v) is 13.8. The Morgan fingerprint density at radius 2 is 1.10 bits per heavy atom. The fourth-order valence-corrected chi connectivity index (χ4v) is 6.83. The van der Waals surface area contributed by atoms with Crippen molar-refractivity contribution in [1.82, 2.24) is 0 Å². The molecule has 59 heavy (non-hydrogen) atoms. The van der Waals surface area contributed by atoms with Crippen LogP contribution in [0.15, 0.2) is 84.9 Å². The smallest absolute Gasteiger partial charge is 0.330 e. The topological polar surface area (TPSA) is 158 Å². The van der Waals surface area contributed by atoms with Gasteiger partial charge in [-0.1, -0.05) is 54.1 Å². The van der Waals surface area contributed by atoms with Crippen LogP contribution < -0.4 is 18.9 Å². The SMILES string of the molecule is COCOc1ccc(/C=C/C(=O)OC[C@@H]2[C@@H](COC(=O)/C=C/c3ccc(C)cc3)[C@H](c3cc(CO)c(C)c(CO)c3)O[C@H]2c2cc(OC)c(OCOC)c(OC)c2)cc1. The van der Waals surface area contributed by atoms with E-state index < -0.39 is 36.0 Å². The van der Waals surface area contributed by atoms with Gasteiger partial charge in [-0.05, 0) is 89.2 Å². The van der Waals surface area contributed by atoms with Gasteiger partial charge in [0.2, 0.25) is 5.75 Å². The summed E-state index contributed by atoms with van der Waals surface area (Å²) in [7, 11) is 6.02. The molecule has 0 radical (unpaired) electrons. The summed E-state index contributed by atoms with van der Waals surface area (Å²) in [6.07, 6.45) is 4.44. The van der Waals surface area contributed by atoms with Gasteiger partial charge in [0.05, 0.1) is 52.9 Å². The van der Waals surface area contributed by atoms with Gasteiger partial charge in [0.1, 0.15) is 5.75 Å². The number of hydrogen-bond donors (Lipinski definition) is 2. The summed E-state index contributed by atoms with van der Waals surface area (Å²) in [5.74, 6) is -0.799. The number of carbonyl (C=O) groups excluding carboxylic acids is 2. The van der Waals surface area contributed by atoms with E-state index in [2.05, 4.69) is 0 Å². The molecule has 2 N–H and O–H groups in total. The fourth-order valence-electron chi connectivity index (χ4n) is 6.83. The maximum absolute atomic E-state index is 13.3. The van der Waals surface area contributed by atoms with Crippen LogP contribution in [0.1, 0.15) is 56.7 Å². The molecule has 1 aliphatic rings. The Morgan fingerprint density at radius 3 is 1.56 bits per heavy atom. The third-order valence-corrected chi connectivity index (χ3v) is 10.0. The molecule has 1 aliphatic heterocycles. The van der Waals surface area contributed by atoms with Crippen molar-refractivity contribution >= 4 is 24.1 Å². The van der Waals surface area contributed by atoms with E-state index in [1.807, 2.05) is 50.2 Å². The first kappa shape index (κ1) is 44.4. The van der Waals surface area contributed by atoms with Crippen LogP contribution in [0, 0.1) is 25.7 Å². The maximum Gasteiger partial charge on any atom is 0.330 e. The first-order valence-corrected chi connectivity index (χ1v) is 19.0. The minimum atomic E-state index is -0.779. The molecular formula is C46H52O13. The van der Waals surface area contributed by atoms with Crippen molar-refractivity contribution in [2.45, 2.75) is 39.3 Å². The van der Waals surface area contributed by atoms with E-state index in [1.165, 1.54) is 40.6 Å². The molecule has 1 fully saturated rings. The Bertz CT molecular complexity index is 2010. The van der Waals surface area contributed by atoms with E-state index in [4.69, 9.17) is 42.6 Å². The minimum Gasteiger partial charge on any atom is -0.493 e. The predicted molar refractivity (Wildman–Crippen MR) is 219 cm³/mol. The lowest BCUT2D eigenvalue weighted by Gasteiger charge is -2.25. The molecular weight excluding hydrogens is 760 g/mol.